The molecule has 0 aromatic heterocycles. The van der Waals surface area contributed by atoms with E-state index in [1.54, 1.807) is 18.2 Å². The number of rotatable bonds is 2. The summed E-state index contributed by atoms with van der Waals surface area (Å²) in [6.07, 6.45) is 0.417. The highest BCUT2D eigenvalue weighted by molar-refractivity contribution is 6.34. The molecule has 5 heteroatoms. The maximum Gasteiger partial charge on any atom is 0.414 e. The van der Waals surface area contributed by atoms with Crippen molar-refractivity contribution in [3.8, 4) is 0 Å². The number of halogens is 1. The predicted molar refractivity (Wildman–Crippen MR) is 64.8 cm³/mol. The van der Waals surface area contributed by atoms with Gasteiger partial charge in [-0.25, -0.2) is 4.79 Å². The molecule has 4 nitrogen and oxygen atoms in total. The molecule has 1 heterocycles. The smallest absolute Gasteiger partial charge is 0.414 e. The standard InChI is InChI=1S/C12H12ClNO3/c1-8(15)10-4-3-9(7-11(10)13)14-5-2-6-17-12(14)16/h3-4,7H,2,5-6H2,1H3. The third-order valence-electron chi connectivity index (χ3n) is 2.62. The first-order chi connectivity index (χ1) is 8.09. The van der Waals surface area contributed by atoms with E-state index in [-0.39, 0.29) is 11.9 Å². The van der Waals surface area contributed by atoms with Crippen LogP contribution in [0.15, 0.2) is 18.2 Å². The Morgan fingerprint density at radius 3 is 2.82 bits per heavy atom. The number of anilines is 1. The number of ether oxygens (including phenoxy) is 1. The maximum absolute atomic E-state index is 11.5. The summed E-state index contributed by atoms with van der Waals surface area (Å²) in [5.41, 5.74) is 1.12. The predicted octanol–water partition coefficient (Wildman–Crippen LogP) is 2.89. The number of carbonyl (C=O) groups is 2. The van der Waals surface area contributed by atoms with E-state index in [1.807, 2.05) is 0 Å². The molecule has 1 aromatic rings. The molecule has 0 radical (unpaired) electrons. The van der Waals surface area contributed by atoms with Gasteiger partial charge in [0.2, 0.25) is 0 Å². The average molecular weight is 254 g/mol. The molecule has 2 rings (SSSR count). The number of amides is 1. The normalized spacial score (nSPS) is 15.6. The lowest BCUT2D eigenvalue weighted by Gasteiger charge is -2.26. The molecular formula is C12H12ClNO3. The van der Waals surface area contributed by atoms with Crippen molar-refractivity contribution in [2.75, 3.05) is 18.1 Å². The SMILES string of the molecule is CC(=O)c1ccc(N2CCCOC2=O)cc1Cl. The van der Waals surface area contributed by atoms with E-state index >= 15 is 0 Å². The second-order valence-electron chi connectivity index (χ2n) is 3.84. The highest BCUT2D eigenvalue weighted by Gasteiger charge is 2.22. The molecule has 1 amide bonds. The molecule has 0 spiro atoms. The van der Waals surface area contributed by atoms with Crippen LogP contribution in [0.1, 0.15) is 23.7 Å². The van der Waals surface area contributed by atoms with Crippen LogP contribution in [-0.4, -0.2) is 25.0 Å². The summed E-state index contributed by atoms with van der Waals surface area (Å²) in [4.78, 5) is 24.3. The van der Waals surface area contributed by atoms with E-state index < -0.39 is 0 Å². The number of carbonyl (C=O) groups excluding carboxylic acids is 2. The van der Waals surface area contributed by atoms with E-state index in [1.165, 1.54) is 11.8 Å². The van der Waals surface area contributed by atoms with E-state index in [0.717, 1.165) is 6.42 Å². The fourth-order valence-electron chi connectivity index (χ4n) is 1.74. The third kappa shape index (κ3) is 2.42. The molecule has 0 saturated carbocycles. The van der Waals surface area contributed by atoms with Crippen LogP contribution in [-0.2, 0) is 4.74 Å². The molecule has 1 aliphatic heterocycles. The molecule has 0 atom stereocenters. The summed E-state index contributed by atoms with van der Waals surface area (Å²) in [6, 6.07) is 4.95. The molecule has 1 aromatic carbocycles. The zero-order valence-corrected chi connectivity index (χ0v) is 10.2. The van der Waals surface area contributed by atoms with Gasteiger partial charge in [0, 0.05) is 17.8 Å². The lowest BCUT2D eigenvalue weighted by molar-refractivity contribution is 0.101. The second kappa shape index (κ2) is 4.75. The number of hydrogen-bond donors (Lipinski definition) is 0. The first-order valence-corrected chi connectivity index (χ1v) is 5.72. The molecule has 0 aliphatic carbocycles. The Balaban J connectivity index is 2.30. The quantitative estimate of drug-likeness (QED) is 0.762. The zero-order valence-electron chi connectivity index (χ0n) is 9.40. The Kier molecular flexibility index (Phi) is 3.33. The molecule has 1 fully saturated rings. The summed E-state index contributed by atoms with van der Waals surface area (Å²) in [5, 5.41) is 0.355. The fraction of sp³-hybridized carbons (Fsp3) is 0.333. The van der Waals surface area contributed by atoms with Crippen molar-refractivity contribution in [1.82, 2.24) is 0 Å². The zero-order chi connectivity index (χ0) is 12.4. The number of hydrogen-bond acceptors (Lipinski definition) is 3. The monoisotopic (exact) mass is 253 g/mol. The van der Waals surface area contributed by atoms with Crippen LogP contribution in [0.2, 0.25) is 5.02 Å². The summed E-state index contributed by atoms with van der Waals surface area (Å²) >= 11 is 5.99. The Morgan fingerprint density at radius 1 is 1.47 bits per heavy atom. The van der Waals surface area contributed by atoms with Crippen molar-refractivity contribution < 1.29 is 14.3 Å². The summed E-state index contributed by atoms with van der Waals surface area (Å²) in [6.45, 7) is 2.51. The van der Waals surface area contributed by atoms with Crippen LogP contribution >= 0.6 is 11.6 Å². The minimum absolute atomic E-state index is 0.0947. The highest BCUT2D eigenvalue weighted by Crippen LogP contribution is 2.25. The molecular weight excluding hydrogens is 242 g/mol. The number of cyclic esters (lactones) is 1. The highest BCUT2D eigenvalue weighted by atomic mass is 35.5. The van der Waals surface area contributed by atoms with Gasteiger partial charge in [-0.1, -0.05) is 11.6 Å². The Hall–Kier alpha value is -1.55. The summed E-state index contributed by atoms with van der Waals surface area (Å²) < 4.78 is 4.94. The van der Waals surface area contributed by atoms with E-state index in [2.05, 4.69) is 0 Å². The van der Waals surface area contributed by atoms with Crippen molar-refractivity contribution in [3.05, 3.63) is 28.8 Å². The first-order valence-electron chi connectivity index (χ1n) is 5.34. The van der Waals surface area contributed by atoms with Crippen molar-refractivity contribution in [2.45, 2.75) is 13.3 Å². The number of Topliss-reactive ketones (excluding diaryl/α,β-unsaturated/α-hetero) is 1. The molecule has 17 heavy (non-hydrogen) atoms. The largest absolute Gasteiger partial charge is 0.449 e. The molecule has 0 bridgehead atoms. The van der Waals surface area contributed by atoms with Gasteiger partial charge >= 0.3 is 6.09 Å². The third-order valence-corrected chi connectivity index (χ3v) is 2.93. The van der Waals surface area contributed by atoms with E-state index in [0.29, 0.717) is 29.4 Å². The minimum atomic E-state index is -0.372. The first kappa shape index (κ1) is 11.9. The van der Waals surface area contributed by atoms with Crippen molar-refractivity contribution in [2.24, 2.45) is 0 Å². The van der Waals surface area contributed by atoms with Crippen LogP contribution in [0.25, 0.3) is 0 Å². The van der Waals surface area contributed by atoms with Crippen molar-refractivity contribution >= 4 is 29.2 Å². The molecule has 0 unspecified atom stereocenters. The van der Waals surface area contributed by atoms with Gasteiger partial charge in [-0.15, -0.1) is 0 Å². The van der Waals surface area contributed by atoms with Gasteiger partial charge in [-0.2, -0.15) is 0 Å². The topological polar surface area (TPSA) is 46.6 Å². The molecule has 0 N–H and O–H groups in total. The van der Waals surface area contributed by atoms with Crippen molar-refractivity contribution in [3.63, 3.8) is 0 Å². The number of ketones is 1. The second-order valence-corrected chi connectivity index (χ2v) is 4.25. The Bertz CT molecular complexity index is 473. The average Bonchev–Trinajstić information content (AvgIpc) is 2.29. The fourth-order valence-corrected chi connectivity index (χ4v) is 2.05. The van der Waals surface area contributed by atoms with Gasteiger partial charge < -0.3 is 4.74 Å². The lowest BCUT2D eigenvalue weighted by Crippen LogP contribution is -2.37. The maximum atomic E-state index is 11.5. The Morgan fingerprint density at radius 2 is 2.24 bits per heavy atom. The van der Waals surface area contributed by atoms with Gasteiger partial charge in [0.15, 0.2) is 5.78 Å². The molecule has 1 saturated heterocycles. The molecule has 1 aliphatic rings. The van der Waals surface area contributed by atoms with Crippen LogP contribution in [0.5, 0.6) is 0 Å². The van der Waals surface area contributed by atoms with Gasteiger partial charge in [0.1, 0.15) is 0 Å². The van der Waals surface area contributed by atoms with E-state index in [9.17, 15) is 9.59 Å². The Labute approximate surface area is 104 Å². The van der Waals surface area contributed by atoms with Crippen LogP contribution in [0.4, 0.5) is 10.5 Å². The van der Waals surface area contributed by atoms with Crippen LogP contribution < -0.4 is 4.90 Å². The molecule has 90 valence electrons. The van der Waals surface area contributed by atoms with Gasteiger partial charge in [-0.3, -0.25) is 9.69 Å². The number of benzene rings is 1. The van der Waals surface area contributed by atoms with Gasteiger partial charge in [0.05, 0.1) is 11.6 Å². The minimum Gasteiger partial charge on any atom is -0.449 e. The van der Waals surface area contributed by atoms with Gasteiger partial charge in [0.25, 0.3) is 0 Å². The van der Waals surface area contributed by atoms with Crippen LogP contribution in [0.3, 0.4) is 0 Å². The number of nitrogens with zero attached hydrogens (tertiary/aromatic N) is 1. The lowest BCUT2D eigenvalue weighted by atomic mass is 10.1. The van der Waals surface area contributed by atoms with Crippen molar-refractivity contribution in [1.29, 1.82) is 0 Å². The van der Waals surface area contributed by atoms with E-state index in [4.69, 9.17) is 16.3 Å². The van der Waals surface area contributed by atoms with Crippen LogP contribution in [0, 0.1) is 0 Å². The summed E-state index contributed by atoms with van der Waals surface area (Å²) in [5.74, 6) is -0.0947. The van der Waals surface area contributed by atoms with Gasteiger partial charge in [-0.05, 0) is 31.5 Å². The summed E-state index contributed by atoms with van der Waals surface area (Å²) in [7, 11) is 0.